The fourth-order valence-corrected chi connectivity index (χ4v) is 1.71. The molecule has 0 fully saturated rings. The second kappa shape index (κ2) is 7.19. The predicted octanol–water partition coefficient (Wildman–Crippen LogP) is 1.45. The molecule has 114 valence electrons. The van der Waals surface area contributed by atoms with E-state index in [-0.39, 0.29) is 12.3 Å². The number of benzene rings is 2. The molecular formula is C15H14FN3O3. The highest BCUT2D eigenvalue weighted by molar-refractivity contribution is 5.94. The Morgan fingerprint density at radius 1 is 1.14 bits per heavy atom. The maximum Gasteiger partial charge on any atom is 0.265 e. The van der Waals surface area contributed by atoms with E-state index in [9.17, 15) is 14.0 Å². The Labute approximate surface area is 126 Å². The van der Waals surface area contributed by atoms with Crippen molar-refractivity contribution in [2.45, 2.75) is 0 Å². The Morgan fingerprint density at radius 3 is 2.64 bits per heavy atom. The quantitative estimate of drug-likeness (QED) is 0.443. The Kier molecular flexibility index (Phi) is 5.05. The average molecular weight is 303 g/mol. The van der Waals surface area contributed by atoms with Crippen LogP contribution in [0.4, 0.5) is 10.1 Å². The fourth-order valence-electron chi connectivity index (χ4n) is 1.71. The number of carbonyl (C=O) groups is 2. The third-order valence-corrected chi connectivity index (χ3v) is 2.75. The zero-order valence-corrected chi connectivity index (χ0v) is 11.5. The highest BCUT2D eigenvalue weighted by Crippen LogP contribution is 2.14. The van der Waals surface area contributed by atoms with Gasteiger partial charge in [-0.05, 0) is 30.3 Å². The van der Waals surface area contributed by atoms with Crippen molar-refractivity contribution in [1.29, 1.82) is 0 Å². The third kappa shape index (κ3) is 4.03. The summed E-state index contributed by atoms with van der Waals surface area (Å²) in [7, 11) is 0. The fraction of sp³-hybridized carbons (Fsp3) is 0.0667. The van der Waals surface area contributed by atoms with Gasteiger partial charge in [-0.1, -0.05) is 18.2 Å². The number of halogens is 1. The highest BCUT2D eigenvalue weighted by atomic mass is 19.1. The molecule has 6 nitrogen and oxygen atoms in total. The Bertz CT molecular complexity index is 691. The standard InChI is InChI=1S/C15H14FN3O3/c16-12-6-1-2-7-13(12)18-14(20)9-22-11-5-3-4-10(8-11)15(21)19-17/h1-8H,9,17H2,(H,18,20)(H,19,21). The van der Waals surface area contributed by atoms with Crippen LogP contribution in [-0.4, -0.2) is 18.4 Å². The predicted molar refractivity (Wildman–Crippen MR) is 78.6 cm³/mol. The molecule has 0 atom stereocenters. The summed E-state index contributed by atoms with van der Waals surface area (Å²) in [6, 6.07) is 12.0. The smallest absolute Gasteiger partial charge is 0.265 e. The van der Waals surface area contributed by atoms with Gasteiger partial charge in [0, 0.05) is 5.56 Å². The van der Waals surface area contributed by atoms with E-state index in [2.05, 4.69) is 5.32 Å². The van der Waals surface area contributed by atoms with E-state index in [4.69, 9.17) is 10.6 Å². The second-order valence-electron chi connectivity index (χ2n) is 4.32. The SMILES string of the molecule is NNC(=O)c1cccc(OCC(=O)Nc2ccccc2F)c1. The first kappa shape index (κ1) is 15.5. The number of nitrogen functional groups attached to an aromatic ring is 1. The summed E-state index contributed by atoms with van der Waals surface area (Å²) in [4.78, 5) is 23.1. The van der Waals surface area contributed by atoms with Gasteiger partial charge in [0.25, 0.3) is 11.8 Å². The van der Waals surface area contributed by atoms with E-state index in [0.29, 0.717) is 11.3 Å². The minimum absolute atomic E-state index is 0.0763. The van der Waals surface area contributed by atoms with Crippen LogP contribution in [0.2, 0.25) is 0 Å². The van der Waals surface area contributed by atoms with E-state index in [0.717, 1.165) is 0 Å². The van der Waals surface area contributed by atoms with Crippen LogP contribution < -0.4 is 21.3 Å². The van der Waals surface area contributed by atoms with Gasteiger partial charge in [-0.25, -0.2) is 10.2 Å². The van der Waals surface area contributed by atoms with Crippen LogP contribution in [0.25, 0.3) is 0 Å². The Morgan fingerprint density at radius 2 is 1.91 bits per heavy atom. The molecule has 0 heterocycles. The molecule has 0 aromatic heterocycles. The van der Waals surface area contributed by atoms with E-state index in [1.165, 1.54) is 24.3 Å². The number of amides is 2. The molecule has 7 heteroatoms. The number of rotatable bonds is 5. The van der Waals surface area contributed by atoms with Crippen molar-refractivity contribution in [3.05, 3.63) is 59.9 Å². The van der Waals surface area contributed by atoms with Crippen molar-refractivity contribution in [2.24, 2.45) is 5.84 Å². The summed E-state index contributed by atoms with van der Waals surface area (Å²) in [6.45, 7) is -0.317. The van der Waals surface area contributed by atoms with Gasteiger partial charge in [0.15, 0.2) is 6.61 Å². The van der Waals surface area contributed by atoms with Crippen LogP contribution in [0.5, 0.6) is 5.75 Å². The van der Waals surface area contributed by atoms with Crippen LogP contribution in [-0.2, 0) is 4.79 Å². The molecule has 22 heavy (non-hydrogen) atoms. The molecule has 0 aliphatic rings. The number of hydrogen-bond acceptors (Lipinski definition) is 4. The van der Waals surface area contributed by atoms with Gasteiger partial charge in [-0.2, -0.15) is 0 Å². The molecule has 0 unspecified atom stereocenters. The van der Waals surface area contributed by atoms with Crippen LogP contribution in [0, 0.1) is 5.82 Å². The maximum absolute atomic E-state index is 13.4. The molecule has 2 amide bonds. The van der Waals surface area contributed by atoms with Crippen LogP contribution in [0.3, 0.4) is 0 Å². The number of nitrogens with one attached hydrogen (secondary N) is 2. The molecule has 0 saturated heterocycles. The summed E-state index contributed by atoms with van der Waals surface area (Å²) in [5.74, 6) is 3.84. The normalized spacial score (nSPS) is 9.91. The molecule has 2 rings (SSSR count). The highest BCUT2D eigenvalue weighted by Gasteiger charge is 2.08. The number of para-hydroxylation sites is 1. The summed E-state index contributed by atoms with van der Waals surface area (Å²) < 4.78 is 18.6. The third-order valence-electron chi connectivity index (χ3n) is 2.75. The monoisotopic (exact) mass is 303 g/mol. The first-order valence-corrected chi connectivity index (χ1v) is 6.38. The van der Waals surface area contributed by atoms with Crippen molar-refractivity contribution < 1.29 is 18.7 Å². The first-order chi connectivity index (χ1) is 10.6. The minimum atomic E-state index is -0.530. The van der Waals surface area contributed by atoms with E-state index < -0.39 is 17.6 Å². The lowest BCUT2D eigenvalue weighted by Crippen LogP contribution is -2.30. The molecule has 2 aromatic rings. The van der Waals surface area contributed by atoms with Gasteiger partial charge in [-0.3, -0.25) is 15.0 Å². The molecule has 0 radical (unpaired) electrons. The summed E-state index contributed by atoms with van der Waals surface area (Å²) >= 11 is 0. The molecule has 0 bridgehead atoms. The van der Waals surface area contributed by atoms with E-state index in [1.807, 2.05) is 5.43 Å². The summed E-state index contributed by atoms with van der Waals surface area (Å²) in [5, 5.41) is 2.39. The van der Waals surface area contributed by atoms with Crippen molar-refractivity contribution in [1.82, 2.24) is 5.43 Å². The van der Waals surface area contributed by atoms with Crippen LogP contribution in [0.1, 0.15) is 10.4 Å². The minimum Gasteiger partial charge on any atom is -0.484 e. The number of hydrazine groups is 1. The van der Waals surface area contributed by atoms with E-state index in [1.54, 1.807) is 24.3 Å². The van der Waals surface area contributed by atoms with Crippen molar-refractivity contribution >= 4 is 17.5 Å². The van der Waals surface area contributed by atoms with Crippen molar-refractivity contribution in [2.75, 3.05) is 11.9 Å². The average Bonchev–Trinajstić information content (AvgIpc) is 2.54. The number of nitrogens with two attached hydrogens (primary N) is 1. The zero-order chi connectivity index (χ0) is 15.9. The molecular weight excluding hydrogens is 289 g/mol. The van der Waals surface area contributed by atoms with Crippen LogP contribution >= 0.6 is 0 Å². The van der Waals surface area contributed by atoms with Crippen molar-refractivity contribution in [3.8, 4) is 5.75 Å². The molecule has 2 aromatic carbocycles. The Hall–Kier alpha value is -2.93. The summed E-state index contributed by atoms with van der Waals surface area (Å²) in [6.07, 6.45) is 0. The lowest BCUT2D eigenvalue weighted by Gasteiger charge is -2.09. The Balaban J connectivity index is 1.94. The molecule has 0 saturated carbocycles. The van der Waals surface area contributed by atoms with Gasteiger partial charge in [0.1, 0.15) is 11.6 Å². The maximum atomic E-state index is 13.4. The largest absolute Gasteiger partial charge is 0.484 e. The summed E-state index contributed by atoms with van der Waals surface area (Å²) in [5.41, 5.74) is 2.37. The van der Waals surface area contributed by atoms with Gasteiger partial charge < -0.3 is 10.1 Å². The molecule has 0 aliphatic carbocycles. The topological polar surface area (TPSA) is 93.4 Å². The molecule has 0 aliphatic heterocycles. The second-order valence-corrected chi connectivity index (χ2v) is 4.32. The number of anilines is 1. The lowest BCUT2D eigenvalue weighted by atomic mass is 10.2. The number of carbonyl (C=O) groups excluding carboxylic acids is 2. The molecule has 4 N–H and O–H groups in total. The van der Waals surface area contributed by atoms with Crippen LogP contribution in [0.15, 0.2) is 48.5 Å². The lowest BCUT2D eigenvalue weighted by molar-refractivity contribution is -0.118. The van der Waals surface area contributed by atoms with E-state index >= 15 is 0 Å². The van der Waals surface area contributed by atoms with Gasteiger partial charge in [0.2, 0.25) is 0 Å². The van der Waals surface area contributed by atoms with Gasteiger partial charge in [0.05, 0.1) is 5.69 Å². The number of hydrogen-bond donors (Lipinski definition) is 3. The van der Waals surface area contributed by atoms with Gasteiger partial charge >= 0.3 is 0 Å². The van der Waals surface area contributed by atoms with Crippen molar-refractivity contribution in [3.63, 3.8) is 0 Å². The van der Waals surface area contributed by atoms with Gasteiger partial charge in [-0.15, -0.1) is 0 Å². The first-order valence-electron chi connectivity index (χ1n) is 6.38. The zero-order valence-electron chi connectivity index (χ0n) is 11.5. The number of ether oxygens (including phenoxy) is 1. The molecule has 0 spiro atoms.